The van der Waals surface area contributed by atoms with Gasteiger partial charge in [-0.05, 0) is 55.7 Å². The van der Waals surface area contributed by atoms with Crippen LogP contribution in [0.3, 0.4) is 0 Å². The first-order valence-corrected chi connectivity index (χ1v) is 8.63. The quantitative estimate of drug-likeness (QED) is 0.748. The zero-order valence-electron chi connectivity index (χ0n) is 14.4. The third kappa shape index (κ3) is 2.92. The SMILES string of the molecule is COc1ccc(-n2nc(-c3ccc(F)cc3F)c3c2NCCCC3)cc1. The largest absolute Gasteiger partial charge is 0.497 e. The summed E-state index contributed by atoms with van der Waals surface area (Å²) in [5, 5.41) is 8.09. The topological polar surface area (TPSA) is 39.1 Å². The molecule has 0 spiro atoms. The molecule has 6 heteroatoms. The van der Waals surface area contributed by atoms with Crippen molar-refractivity contribution in [3.05, 3.63) is 59.7 Å². The number of rotatable bonds is 3. The highest BCUT2D eigenvalue weighted by molar-refractivity contribution is 5.71. The van der Waals surface area contributed by atoms with E-state index in [1.165, 1.54) is 12.1 Å². The van der Waals surface area contributed by atoms with E-state index in [4.69, 9.17) is 4.74 Å². The highest BCUT2D eigenvalue weighted by Gasteiger charge is 2.23. The van der Waals surface area contributed by atoms with Crippen molar-refractivity contribution in [1.82, 2.24) is 9.78 Å². The molecule has 3 aromatic rings. The Kier molecular flexibility index (Phi) is 4.32. The van der Waals surface area contributed by atoms with Gasteiger partial charge in [0.1, 0.15) is 28.9 Å². The van der Waals surface area contributed by atoms with E-state index in [-0.39, 0.29) is 0 Å². The number of benzene rings is 2. The second kappa shape index (κ2) is 6.78. The fourth-order valence-electron chi connectivity index (χ4n) is 3.31. The molecular formula is C20H19F2N3O. The molecule has 4 rings (SSSR count). The fraction of sp³-hybridized carbons (Fsp3) is 0.250. The normalized spacial score (nSPS) is 13.7. The van der Waals surface area contributed by atoms with E-state index < -0.39 is 11.6 Å². The van der Waals surface area contributed by atoms with Crippen LogP contribution in [0.2, 0.25) is 0 Å². The molecule has 1 aliphatic heterocycles. The summed E-state index contributed by atoms with van der Waals surface area (Å²) in [6.07, 6.45) is 2.82. The van der Waals surface area contributed by atoms with Crippen LogP contribution in [-0.4, -0.2) is 23.4 Å². The van der Waals surface area contributed by atoms with Crippen LogP contribution in [0, 0.1) is 11.6 Å². The Labute approximate surface area is 150 Å². The first-order chi connectivity index (χ1) is 12.7. The minimum Gasteiger partial charge on any atom is -0.497 e. The molecule has 1 aliphatic rings. The van der Waals surface area contributed by atoms with Gasteiger partial charge in [0.05, 0.1) is 12.8 Å². The van der Waals surface area contributed by atoms with Crippen molar-refractivity contribution in [2.75, 3.05) is 19.0 Å². The second-order valence-electron chi connectivity index (χ2n) is 6.29. The number of nitrogens with zero attached hydrogens (tertiary/aromatic N) is 2. The molecular weight excluding hydrogens is 336 g/mol. The number of ether oxygens (including phenoxy) is 1. The van der Waals surface area contributed by atoms with Gasteiger partial charge in [0.15, 0.2) is 0 Å². The molecule has 0 saturated carbocycles. The number of nitrogens with one attached hydrogen (secondary N) is 1. The van der Waals surface area contributed by atoms with E-state index in [9.17, 15) is 8.78 Å². The first-order valence-electron chi connectivity index (χ1n) is 8.63. The van der Waals surface area contributed by atoms with Crippen molar-refractivity contribution in [2.24, 2.45) is 0 Å². The Balaban J connectivity index is 1.88. The summed E-state index contributed by atoms with van der Waals surface area (Å²) >= 11 is 0. The van der Waals surface area contributed by atoms with Crippen molar-refractivity contribution in [2.45, 2.75) is 19.3 Å². The molecule has 0 amide bonds. The summed E-state index contributed by atoms with van der Waals surface area (Å²) in [7, 11) is 1.62. The number of methoxy groups -OCH3 is 1. The molecule has 1 N–H and O–H groups in total. The van der Waals surface area contributed by atoms with Gasteiger partial charge in [-0.15, -0.1) is 0 Å². The van der Waals surface area contributed by atoms with Gasteiger partial charge in [-0.1, -0.05) is 0 Å². The molecule has 0 atom stereocenters. The molecule has 0 fully saturated rings. The lowest BCUT2D eigenvalue weighted by Gasteiger charge is -2.09. The molecule has 0 aliphatic carbocycles. The maximum Gasteiger partial charge on any atom is 0.135 e. The van der Waals surface area contributed by atoms with Gasteiger partial charge < -0.3 is 10.1 Å². The monoisotopic (exact) mass is 355 g/mol. The minimum absolute atomic E-state index is 0.318. The van der Waals surface area contributed by atoms with Crippen molar-refractivity contribution < 1.29 is 13.5 Å². The Morgan fingerprint density at radius 3 is 2.62 bits per heavy atom. The van der Waals surface area contributed by atoms with Crippen molar-refractivity contribution in [3.63, 3.8) is 0 Å². The van der Waals surface area contributed by atoms with Crippen LogP contribution in [0.25, 0.3) is 16.9 Å². The van der Waals surface area contributed by atoms with Crippen LogP contribution in [-0.2, 0) is 6.42 Å². The molecule has 0 saturated heterocycles. The van der Waals surface area contributed by atoms with E-state index in [0.717, 1.165) is 54.7 Å². The number of aromatic nitrogens is 2. The predicted molar refractivity (Wildman–Crippen MR) is 96.9 cm³/mol. The van der Waals surface area contributed by atoms with Gasteiger partial charge >= 0.3 is 0 Å². The average Bonchev–Trinajstić information content (AvgIpc) is 2.83. The van der Waals surface area contributed by atoms with Crippen molar-refractivity contribution >= 4 is 5.82 Å². The van der Waals surface area contributed by atoms with Crippen LogP contribution < -0.4 is 10.1 Å². The van der Waals surface area contributed by atoms with Crippen LogP contribution >= 0.6 is 0 Å². The molecule has 2 aromatic carbocycles. The Bertz CT molecular complexity index is 935. The molecule has 0 radical (unpaired) electrons. The highest BCUT2D eigenvalue weighted by Crippen LogP contribution is 2.35. The fourth-order valence-corrected chi connectivity index (χ4v) is 3.31. The first kappa shape index (κ1) is 16.6. The molecule has 26 heavy (non-hydrogen) atoms. The van der Waals surface area contributed by atoms with E-state index in [1.807, 2.05) is 24.3 Å². The zero-order valence-corrected chi connectivity index (χ0v) is 14.4. The van der Waals surface area contributed by atoms with E-state index in [2.05, 4.69) is 10.4 Å². The third-order valence-corrected chi connectivity index (χ3v) is 4.63. The Hall–Kier alpha value is -2.89. The lowest BCUT2D eigenvalue weighted by molar-refractivity contribution is 0.414. The van der Waals surface area contributed by atoms with E-state index in [0.29, 0.717) is 11.3 Å². The average molecular weight is 355 g/mol. The molecule has 2 heterocycles. The maximum absolute atomic E-state index is 14.4. The molecule has 134 valence electrons. The third-order valence-electron chi connectivity index (χ3n) is 4.63. The van der Waals surface area contributed by atoms with Crippen LogP contribution in [0.5, 0.6) is 5.75 Å². The lowest BCUT2D eigenvalue weighted by atomic mass is 10.0. The second-order valence-corrected chi connectivity index (χ2v) is 6.29. The standard InChI is InChI=1S/C20H19F2N3O/c1-26-15-8-6-14(7-9-15)25-20-17(4-2-3-11-23-20)19(24-25)16-10-5-13(21)12-18(16)22/h5-10,12,23H,2-4,11H2,1H3. The van der Waals surface area contributed by atoms with Crippen LogP contribution in [0.15, 0.2) is 42.5 Å². The number of anilines is 1. The number of halogens is 2. The van der Waals surface area contributed by atoms with Crippen molar-refractivity contribution in [3.8, 4) is 22.7 Å². The minimum atomic E-state index is -0.601. The van der Waals surface area contributed by atoms with Gasteiger partial charge in [0.2, 0.25) is 0 Å². The van der Waals surface area contributed by atoms with Crippen LogP contribution in [0.1, 0.15) is 18.4 Å². The number of fused-ring (bicyclic) bond motifs is 1. The van der Waals surface area contributed by atoms with Crippen LogP contribution in [0.4, 0.5) is 14.6 Å². The maximum atomic E-state index is 14.4. The summed E-state index contributed by atoms with van der Waals surface area (Å²) in [6, 6.07) is 11.2. The zero-order chi connectivity index (χ0) is 18.1. The van der Waals surface area contributed by atoms with E-state index in [1.54, 1.807) is 11.8 Å². The summed E-state index contributed by atoms with van der Waals surface area (Å²) in [6.45, 7) is 0.834. The van der Waals surface area contributed by atoms with Gasteiger partial charge in [0, 0.05) is 23.7 Å². The molecule has 0 bridgehead atoms. The predicted octanol–water partition coefficient (Wildman–Crippen LogP) is 4.57. The van der Waals surface area contributed by atoms with Crippen molar-refractivity contribution in [1.29, 1.82) is 0 Å². The number of hydrogen-bond donors (Lipinski definition) is 1. The lowest BCUT2D eigenvalue weighted by Crippen LogP contribution is -2.07. The molecule has 1 aromatic heterocycles. The summed E-state index contributed by atoms with van der Waals surface area (Å²) in [5.74, 6) is 0.428. The Morgan fingerprint density at radius 2 is 1.88 bits per heavy atom. The highest BCUT2D eigenvalue weighted by atomic mass is 19.1. The molecule has 4 nitrogen and oxygen atoms in total. The number of hydrogen-bond acceptors (Lipinski definition) is 3. The van der Waals surface area contributed by atoms with Gasteiger partial charge in [-0.3, -0.25) is 0 Å². The summed E-state index contributed by atoms with van der Waals surface area (Å²) in [4.78, 5) is 0. The van der Waals surface area contributed by atoms with E-state index >= 15 is 0 Å². The molecule has 0 unspecified atom stereocenters. The van der Waals surface area contributed by atoms with Gasteiger partial charge in [0.25, 0.3) is 0 Å². The Morgan fingerprint density at radius 1 is 1.08 bits per heavy atom. The summed E-state index contributed by atoms with van der Waals surface area (Å²) < 4.78 is 34.7. The van der Waals surface area contributed by atoms with Gasteiger partial charge in [-0.25, -0.2) is 13.5 Å². The summed E-state index contributed by atoms with van der Waals surface area (Å²) in [5.41, 5.74) is 2.69. The smallest absolute Gasteiger partial charge is 0.135 e. The van der Waals surface area contributed by atoms with Gasteiger partial charge in [-0.2, -0.15) is 5.10 Å².